The van der Waals surface area contributed by atoms with E-state index in [9.17, 15) is 19.2 Å². The van der Waals surface area contributed by atoms with Crippen LogP contribution >= 0.6 is 0 Å². The summed E-state index contributed by atoms with van der Waals surface area (Å²) in [5.41, 5.74) is 1.27. The smallest absolute Gasteiger partial charge is 0.330 e. The van der Waals surface area contributed by atoms with Crippen LogP contribution in [0.15, 0.2) is 66.7 Å². The third-order valence-corrected chi connectivity index (χ3v) is 6.10. The summed E-state index contributed by atoms with van der Waals surface area (Å²) in [7, 11) is 1.52. The SMILES string of the molecule is COc1cccc(NC(=O)COC(=O)[C@H](Cc2ccccc2)N2C(=O)[C@H]3CC=CC[C@H]3C2=O)c1. The molecule has 1 fully saturated rings. The molecule has 176 valence electrons. The standard InChI is InChI=1S/C26H26N2O6/c1-33-19-11-7-10-18(15-19)27-23(29)16-34-26(32)22(14-17-8-3-2-4-9-17)28-24(30)20-12-5-6-13-21(20)25(28)31/h2-11,15,20-22H,12-14,16H2,1H3,(H,27,29)/t20-,21+,22-/m0/s1. The van der Waals surface area contributed by atoms with Crippen LogP contribution in [0.2, 0.25) is 0 Å². The van der Waals surface area contributed by atoms with Gasteiger partial charge in [0.05, 0.1) is 18.9 Å². The molecule has 0 bridgehead atoms. The van der Waals surface area contributed by atoms with Gasteiger partial charge in [-0.15, -0.1) is 0 Å². The molecule has 0 radical (unpaired) electrons. The Labute approximate surface area is 197 Å². The number of amides is 3. The largest absolute Gasteiger partial charge is 0.497 e. The molecule has 4 rings (SSSR count). The van der Waals surface area contributed by atoms with E-state index in [2.05, 4.69) is 5.32 Å². The number of benzene rings is 2. The number of nitrogens with zero attached hydrogens (tertiary/aromatic N) is 1. The first-order chi connectivity index (χ1) is 16.5. The molecule has 2 aromatic carbocycles. The Hall–Kier alpha value is -3.94. The summed E-state index contributed by atoms with van der Waals surface area (Å²) >= 11 is 0. The van der Waals surface area contributed by atoms with Crippen LogP contribution < -0.4 is 10.1 Å². The van der Waals surface area contributed by atoms with Gasteiger partial charge in [0.1, 0.15) is 11.8 Å². The van der Waals surface area contributed by atoms with Gasteiger partial charge in [-0.3, -0.25) is 19.3 Å². The number of allylic oxidation sites excluding steroid dienone is 2. The Morgan fingerprint density at radius 3 is 2.32 bits per heavy atom. The lowest BCUT2D eigenvalue weighted by atomic mass is 9.85. The molecule has 0 aromatic heterocycles. The molecule has 1 N–H and O–H groups in total. The third-order valence-electron chi connectivity index (χ3n) is 6.10. The van der Waals surface area contributed by atoms with Crippen molar-refractivity contribution in [2.75, 3.05) is 19.0 Å². The first kappa shape index (κ1) is 23.2. The molecule has 1 heterocycles. The van der Waals surface area contributed by atoms with E-state index in [4.69, 9.17) is 9.47 Å². The molecule has 1 saturated heterocycles. The average molecular weight is 463 g/mol. The zero-order chi connectivity index (χ0) is 24.1. The normalized spacial score (nSPS) is 20.0. The molecule has 1 aliphatic heterocycles. The summed E-state index contributed by atoms with van der Waals surface area (Å²) in [6.07, 6.45) is 4.84. The average Bonchev–Trinajstić information content (AvgIpc) is 3.11. The van der Waals surface area contributed by atoms with Gasteiger partial charge in [0.2, 0.25) is 11.8 Å². The fourth-order valence-corrected chi connectivity index (χ4v) is 4.38. The number of fused-ring (bicyclic) bond motifs is 1. The molecule has 0 unspecified atom stereocenters. The first-order valence-electron chi connectivity index (χ1n) is 11.1. The zero-order valence-corrected chi connectivity index (χ0v) is 18.8. The molecular weight excluding hydrogens is 436 g/mol. The molecular formula is C26H26N2O6. The van der Waals surface area contributed by atoms with E-state index >= 15 is 0 Å². The van der Waals surface area contributed by atoms with Crippen molar-refractivity contribution in [2.45, 2.75) is 25.3 Å². The van der Waals surface area contributed by atoms with Crippen LogP contribution in [-0.4, -0.2) is 48.3 Å². The van der Waals surface area contributed by atoms with Crippen LogP contribution in [0, 0.1) is 11.8 Å². The number of imide groups is 1. The summed E-state index contributed by atoms with van der Waals surface area (Å²) in [5, 5.41) is 2.64. The van der Waals surface area contributed by atoms with Crippen LogP contribution in [0.4, 0.5) is 5.69 Å². The molecule has 0 spiro atoms. The van der Waals surface area contributed by atoms with E-state index < -0.39 is 36.4 Å². The van der Waals surface area contributed by atoms with Crippen molar-refractivity contribution in [2.24, 2.45) is 11.8 Å². The second-order valence-corrected chi connectivity index (χ2v) is 8.30. The van der Waals surface area contributed by atoms with Gasteiger partial charge < -0.3 is 14.8 Å². The van der Waals surface area contributed by atoms with E-state index in [-0.39, 0.29) is 18.2 Å². The maximum atomic E-state index is 13.1. The number of anilines is 1. The van der Waals surface area contributed by atoms with Crippen molar-refractivity contribution >= 4 is 29.4 Å². The van der Waals surface area contributed by atoms with Crippen LogP contribution in [0.1, 0.15) is 18.4 Å². The highest BCUT2D eigenvalue weighted by atomic mass is 16.5. The molecule has 2 aliphatic rings. The van der Waals surface area contributed by atoms with E-state index in [0.717, 1.165) is 10.5 Å². The van der Waals surface area contributed by atoms with Crippen LogP contribution in [0.3, 0.4) is 0 Å². The predicted octanol–water partition coefficient (Wildman–Crippen LogP) is 2.74. The fourth-order valence-electron chi connectivity index (χ4n) is 4.38. The number of hydrogen-bond donors (Lipinski definition) is 1. The second-order valence-electron chi connectivity index (χ2n) is 8.30. The lowest BCUT2D eigenvalue weighted by molar-refractivity contribution is -0.159. The molecule has 2 aromatic rings. The number of nitrogens with one attached hydrogen (secondary N) is 1. The summed E-state index contributed by atoms with van der Waals surface area (Å²) in [6.45, 7) is -0.550. The number of carbonyl (C=O) groups is 4. The first-order valence-corrected chi connectivity index (χ1v) is 11.1. The highest BCUT2D eigenvalue weighted by Gasteiger charge is 2.51. The predicted molar refractivity (Wildman–Crippen MR) is 124 cm³/mol. The topological polar surface area (TPSA) is 102 Å². The van der Waals surface area contributed by atoms with Gasteiger partial charge in [-0.2, -0.15) is 0 Å². The third kappa shape index (κ3) is 5.01. The number of likely N-dealkylation sites (tertiary alicyclic amines) is 1. The van der Waals surface area contributed by atoms with Gasteiger partial charge in [0.15, 0.2) is 6.61 Å². The maximum Gasteiger partial charge on any atom is 0.330 e. The van der Waals surface area contributed by atoms with Crippen molar-refractivity contribution in [3.8, 4) is 5.75 Å². The van der Waals surface area contributed by atoms with Crippen molar-refractivity contribution in [1.29, 1.82) is 0 Å². The minimum Gasteiger partial charge on any atom is -0.497 e. The minimum absolute atomic E-state index is 0.113. The van der Waals surface area contributed by atoms with Crippen molar-refractivity contribution in [3.05, 3.63) is 72.3 Å². The summed E-state index contributed by atoms with van der Waals surface area (Å²) in [6, 6.07) is 14.7. The molecule has 1 aliphatic carbocycles. The Morgan fingerprint density at radius 1 is 1.00 bits per heavy atom. The Balaban J connectivity index is 1.47. The number of carbonyl (C=O) groups excluding carboxylic acids is 4. The summed E-state index contributed by atoms with van der Waals surface area (Å²) < 4.78 is 10.4. The number of ether oxygens (including phenoxy) is 2. The molecule has 8 nitrogen and oxygen atoms in total. The Kier molecular flexibility index (Phi) is 7.06. The van der Waals surface area contributed by atoms with E-state index in [1.165, 1.54) is 7.11 Å². The quantitative estimate of drug-likeness (QED) is 0.368. The van der Waals surface area contributed by atoms with Crippen molar-refractivity contribution in [3.63, 3.8) is 0 Å². The molecule has 3 atom stereocenters. The van der Waals surface area contributed by atoms with E-state index in [0.29, 0.717) is 24.3 Å². The molecule has 3 amide bonds. The molecule has 0 saturated carbocycles. The molecule has 8 heteroatoms. The van der Waals surface area contributed by atoms with Gasteiger partial charge >= 0.3 is 5.97 Å². The summed E-state index contributed by atoms with van der Waals surface area (Å²) in [5.74, 6) is -2.41. The monoisotopic (exact) mass is 462 g/mol. The number of rotatable bonds is 8. The fraction of sp³-hybridized carbons (Fsp3) is 0.308. The number of esters is 1. The molecule has 34 heavy (non-hydrogen) atoms. The van der Waals surface area contributed by atoms with Crippen LogP contribution in [0.25, 0.3) is 0 Å². The van der Waals surface area contributed by atoms with Gasteiger partial charge in [-0.05, 0) is 30.5 Å². The maximum absolute atomic E-state index is 13.1. The van der Waals surface area contributed by atoms with Gasteiger partial charge in [-0.25, -0.2) is 4.79 Å². The van der Waals surface area contributed by atoms with Crippen LogP contribution in [-0.2, 0) is 30.3 Å². The lowest BCUT2D eigenvalue weighted by Crippen LogP contribution is -2.48. The minimum atomic E-state index is -1.14. The van der Waals surface area contributed by atoms with E-state index in [1.54, 1.807) is 24.3 Å². The van der Waals surface area contributed by atoms with E-state index in [1.807, 2.05) is 42.5 Å². The highest BCUT2D eigenvalue weighted by Crippen LogP contribution is 2.36. The van der Waals surface area contributed by atoms with Crippen molar-refractivity contribution in [1.82, 2.24) is 4.90 Å². The van der Waals surface area contributed by atoms with Gasteiger partial charge in [0, 0.05) is 18.2 Å². The van der Waals surface area contributed by atoms with Crippen LogP contribution in [0.5, 0.6) is 5.75 Å². The number of methoxy groups -OCH3 is 1. The van der Waals surface area contributed by atoms with Gasteiger partial charge in [-0.1, -0.05) is 48.6 Å². The Bertz CT molecular complexity index is 1090. The van der Waals surface area contributed by atoms with Crippen molar-refractivity contribution < 1.29 is 28.7 Å². The summed E-state index contributed by atoms with van der Waals surface area (Å²) in [4.78, 5) is 52.7. The second kappa shape index (κ2) is 10.3. The lowest BCUT2D eigenvalue weighted by Gasteiger charge is -2.25. The highest BCUT2D eigenvalue weighted by molar-refractivity contribution is 6.08. The zero-order valence-electron chi connectivity index (χ0n) is 18.8. The number of hydrogen-bond acceptors (Lipinski definition) is 6. The van der Waals surface area contributed by atoms with Gasteiger partial charge in [0.25, 0.3) is 5.91 Å². The Morgan fingerprint density at radius 2 is 1.68 bits per heavy atom.